The Morgan fingerprint density at radius 1 is 1.39 bits per heavy atom. The molecule has 2 rings (SSSR count). The number of rotatable bonds is 4. The van der Waals surface area contributed by atoms with E-state index < -0.39 is 17.7 Å². The molecule has 0 radical (unpaired) electrons. The molecular weight excluding hydrogens is 300 g/mol. The number of ether oxygens (including phenoxy) is 3. The van der Waals surface area contributed by atoms with E-state index in [1.807, 2.05) is 0 Å². The zero-order valence-electron chi connectivity index (χ0n) is 13.7. The third-order valence-corrected chi connectivity index (χ3v) is 3.49. The molecule has 1 aliphatic heterocycles. The number of phenolic OH excluding ortho intramolecular Hbond substituents is 1. The van der Waals surface area contributed by atoms with Crippen molar-refractivity contribution < 1.29 is 28.9 Å². The molecule has 0 amide bonds. The fourth-order valence-corrected chi connectivity index (χ4v) is 2.57. The van der Waals surface area contributed by atoms with Gasteiger partial charge < -0.3 is 19.3 Å². The average molecular weight is 320 g/mol. The van der Waals surface area contributed by atoms with E-state index in [-0.39, 0.29) is 41.2 Å². The van der Waals surface area contributed by atoms with E-state index in [2.05, 4.69) is 6.58 Å². The Labute approximate surface area is 134 Å². The van der Waals surface area contributed by atoms with E-state index in [0.717, 1.165) is 0 Å². The summed E-state index contributed by atoms with van der Waals surface area (Å²) in [5.41, 5.74) is 0.655. The van der Waals surface area contributed by atoms with E-state index in [1.54, 1.807) is 33.8 Å². The van der Waals surface area contributed by atoms with Gasteiger partial charge in [0.05, 0.1) is 6.61 Å². The molecule has 1 aromatic rings. The molecule has 0 saturated carbocycles. The first-order valence-corrected chi connectivity index (χ1v) is 7.32. The van der Waals surface area contributed by atoms with Gasteiger partial charge in [-0.1, -0.05) is 6.08 Å². The van der Waals surface area contributed by atoms with Gasteiger partial charge in [-0.3, -0.25) is 0 Å². The zero-order valence-corrected chi connectivity index (χ0v) is 13.7. The Balaban J connectivity index is 2.78. The van der Waals surface area contributed by atoms with E-state index in [4.69, 9.17) is 14.2 Å². The van der Waals surface area contributed by atoms with Gasteiger partial charge in [-0.2, -0.15) is 0 Å². The van der Waals surface area contributed by atoms with Crippen LogP contribution in [0.2, 0.25) is 0 Å². The van der Waals surface area contributed by atoms with Gasteiger partial charge in [-0.15, -0.1) is 6.58 Å². The Morgan fingerprint density at radius 2 is 2.04 bits per heavy atom. The Hall–Kier alpha value is -2.50. The number of carbonyl (C=O) groups excluding carboxylic acids is 2. The lowest BCUT2D eigenvalue weighted by molar-refractivity contribution is -0.127. The number of carbonyl (C=O) groups is 2. The third kappa shape index (κ3) is 2.88. The molecule has 1 aromatic carbocycles. The maximum atomic E-state index is 12.4. The number of phenols is 1. The Morgan fingerprint density at radius 3 is 2.61 bits per heavy atom. The van der Waals surface area contributed by atoms with E-state index >= 15 is 0 Å². The van der Waals surface area contributed by atoms with Crippen LogP contribution >= 0.6 is 0 Å². The topological polar surface area (TPSA) is 82.1 Å². The van der Waals surface area contributed by atoms with Gasteiger partial charge >= 0.3 is 11.9 Å². The van der Waals surface area contributed by atoms with Crippen LogP contribution in [0.4, 0.5) is 0 Å². The summed E-state index contributed by atoms with van der Waals surface area (Å²) in [5, 5.41) is 10.5. The van der Waals surface area contributed by atoms with Gasteiger partial charge in [0.1, 0.15) is 22.6 Å². The predicted molar refractivity (Wildman–Crippen MR) is 82.8 cm³/mol. The molecule has 0 spiro atoms. The highest BCUT2D eigenvalue weighted by molar-refractivity contribution is 6.03. The predicted octanol–water partition coefficient (Wildman–Crippen LogP) is 2.89. The minimum Gasteiger partial charge on any atom is -0.507 e. The maximum absolute atomic E-state index is 12.4. The second-order valence-electron chi connectivity index (χ2n) is 5.64. The maximum Gasteiger partial charge on any atom is 0.345 e. The van der Waals surface area contributed by atoms with Crippen LogP contribution in [0.1, 0.15) is 52.6 Å². The summed E-state index contributed by atoms with van der Waals surface area (Å²) in [5.74, 6) is -2.51. The lowest BCUT2D eigenvalue weighted by Crippen LogP contribution is -2.40. The number of cyclic esters (lactones) is 1. The highest BCUT2D eigenvalue weighted by atomic mass is 16.7. The van der Waals surface area contributed by atoms with E-state index in [1.165, 1.54) is 0 Å². The quantitative estimate of drug-likeness (QED) is 0.678. The van der Waals surface area contributed by atoms with Gasteiger partial charge in [-0.25, -0.2) is 9.59 Å². The molecule has 0 bridgehead atoms. The lowest BCUT2D eigenvalue weighted by Gasteiger charge is -2.34. The van der Waals surface area contributed by atoms with Gasteiger partial charge in [0, 0.05) is 19.4 Å². The second-order valence-corrected chi connectivity index (χ2v) is 5.64. The first-order valence-electron chi connectivity index (χ1n) is 7.32. The Kier molecular flexibility index (Phi) is 4.36. The van der Waals surface area contributed by atoms with Crippen molar-refractivity contribution in [1.29, 1.82) is 0 Å². The van der Waals surface area contributed by atoms with Crippen molar-refractivity contribution in [3.8, 4) is 11.5 Å². The first-order chi connectivity index (χ1) is 10.7. The van der Waals surface area contributed by atoms with Crippen LogP contribution in [-0.2, 0) is 15.9 Å². The average Bonchev–Trinajstić information content (AvgIpc) is 2.41. The molecule has 124 valence electrons. The van der Waals surface area contributed by atoms with Gasteiger partial charge in [0.15, 0.2) is 0 Å². The van der Waals surface area contributed by atoms with Crippen LogP contribution < -0.4 is 4.74 Å². The van der Waals surface area contributed by atoms with Crippen molar-refractivity contribution in [3.05, 3.63) is 34.9 Å². The summed E-state index contributed by atoms with van der Waals surface area (Å²) in [6.45, 7) is 10.2. The molecule has 0 unspecified atom stereocenters. The fourth-order valence-electron chi connectivity index (χ4n) is 2.57. The fraction of sp³-hybridized carbons (Fsp3) is 0.412. The van der Waals surface area contributed by atoms with Crippen LogP contribution in [0, 0.1) is 6.92 Å². The molecule has 0 aliphatic carbocycles. The van der Waals surface area contributed by atoms with E-state index in [0.29, 0.717) is 5.56 Å². The summed E-state index contributed by atoms with van der Waals surface area (Å²) in [6, 6.07) is 0. The number of fused-ring (bicyclic) bond motifs is 1. The molecule has 0 atom stereocenters. The summed E-state index contributed by atoms with van der Waals surface area (Å²) < 4.78 is 15.9. The summed E-state index contributed by atoms with van der Waals surface area (Å²) >= 11 is 0. The smallest absolute Gasteiger partial charge is 0.345 e. The van der Waals surface area contributed by atoms with E-state index in [9.17, 15) is 14.7 Å². The molecule has 0 fully saturated rings. The number of hydrogen-bond donors (Lipinski definition) is 1. The summed E-state index contributed by atoms with van der Waals surface area (Å²) in [6.07, 6.45) is 1.78. The van der Waals surface area contributed by atoms with Crippen LogP contribution in [0.25, 0.3) is 0 Å². The number of hydrogen-bond acceptors (Lipinski definition) is 6. The van der Waals surface area contributed by atoms with Crippen molar-refractivity contribution in [3.63, 3.8) is 0 Å². The number of esters is 2. The molecule has 1 aliphatic rings. The molecule has 1 N–H and O–H groups in total. The third-order valence-electron chi connectivity index (χ3n) is 3.49. The number of aromatic hydroxyl groups is 1. The summed E-state index contributed by atoms with van der Waals surface area (Å²) in [7, 11) is 0. The van der Waals surface area contributed by atoms with Crippen molar-refractivity contribution in [1.82, 2.24) is 0 Å². The normalized spacial score (nSPS) is 15.2. The molecule has 6 nitrogen and oxygen atoms in total. The summed E-state index contributed by atoms with van der Waals surface area (Å²) in [4.78, 5) is 24.5. The largest absolute Gasteiger partial charge is 0.507 e. The molecule has 6 heteroatoms. The molecule has 0 saturated heterocycles. The second kappa shape index (κ2) is 5.95. The SMILES string of the molecule is C=CCc1c(O)c(C(=O)OCC)c(C)c2c1OC(C)(C)OC2=O. The minimum absolute atomic E-state index is 0.0530. The van der Waals surface area contributed by atoms with Crippen molar-refractivity contribution >= 4 is 11.9 Å². The molecule has 0 aromatic heterocycles. The highest BCUT2D eigenvalue weighted by Crippen LogP contribution is 2.43. The first kappa shape index (κ1) is 16.9. The van der Waals surface area contributed by atoms with Gasteiger partial charge in [0.25, 0.3) is 0 Å². The molecule has 1 heterocycles. The van der Waals surface area contributed by atoms with Crippen molar-refractivity contribution in [2.24, 2.45) is 0 Å². The number of benzene rings is 1. The zero-order chi connectivity index (χ0) is 17.4. The monoisotopic (exact) mass is 320 g/mol. The Bertz CT molecular complexity index is 687. The highest BCUT2D eigenvalue weighted by Gasteiger charge is 2.39. The van der Waals surface area contributed by atoms with Crippen LogP contribution in [0.5, 0.6) is 11.5 Å². The van der Waals surface area contributed by atoms with Gasteiger partial charge in [-0.05, 0) is 25.8 Å². The lowest BCUT2D eigenvalue weighted by atomic mass is 9.93. The molecular formula is C17H20O6. The van der Waals surface area contributed by atoms with Gasteiger partial charge in [0.2, 0.25) is 5.79 Å². The number of allylic oxidation sites excluding steroid dienone is 1. The minimum atomic E-state index is -1.16. The standard InChI is InChI=1S/C17H20O6/c1-6-8-10-13(18)11(15(19)21-7-2)9(3)12-14(10)22-17(4,5)23-16(12)20/h6,18H,1,7-8H2,2-5H3. The van der Waals surface area contributed by atoms with Crippen LogP contribution in [0.3, 0.4) is 0 Å². The molecule has 23 heavy (non-hydrogen) atoms. The van der Waals surface area contributed by atoms with Crippen molar-refractivity contribution in [2.75, 3.05) is 6.61 Å². The van der Waals surface area contributed by atoms with Crippen LogP contribution in [0.15, 0.2) is 12.7 Å². The van der Waals surface area contributed by atoms with Crippen LogP contribution in [-0.4, -0.2) is 29.4 Å². The van der Waals surface area contributed by atoms with Crippen molar-refractivity contribution in [2.45, 2.75) is 39.9 Å².